The zero-order valence-corrected chi connectivity index (χ0v) is 14.7. The second-order valence-corrected chi connectivity index (χ2v) is 7.42. The fraction of sp³-hybridized carbons (Fsp3) is 0.765. The molecule has 0 bridgehead atoms. The second kappa shape index (κ2) is 8.22. The Bertz CT molecular complexity index is 514. The Morgan fingerprint density at radius 2 is 2.26 bits per heavy atom. The number of rotatable bonds is 5. The van der Waals surface area contributed by atoms with Gasteiger partial charge in [-0.1, -0.05) is 6.92 Å². The number of carbonyl (C=O) groups is 1. The van der Waals surface area contributed by atoms with Crippen molar-refractivity contribution in [2.24, 2.45) is 5.92 Å². The number of amides is 1. The summed E-state index contributed by atoms with van der Waals surface area (Å²) < 4.78 is 5.45. The summed E-state index contributed by atoms with van der Waals surface area (Å²) in [5.41, 5.74) is 1.11. The number of aryl methyl sites for hydroxylation is 1. The first-order valence-corrected chi connectivity index (χ1v) is 9.67. The van der Waals surface area contributed by atoms with Gasteiger partial charge in [0.15, 0.2) is 0 Å². The fourth-order valence-corrected chi connectivity index (χ4v) is 4.32. The number of likely N-dealkylation sites (tertiary alicyclic amines) is 1. The van der Waals surface area contributed by atoms with Crippen LogP contribution in [0.1, 0.15) is 43.3 Å². The minimum absolute atomic E-state index is 0.122. The molecular formula is C17H27N3O2S. The molecule has 6 heteroatoms. The summed E-state index contributed by atoms with van der Waals surface area (Å²) >= 11 is 1.64. The van der Waals surface area contributed by atoms with Gasteiger partial charge < -0.3 is 10.1 Å². The van der Waals surface area contributed by atoms with Crippen LogP contribution in [0.3, 0.4) is 0 Å². The summed E-state index contributed by atoms with van der Waals surface area (Å²) in [6.07, 6.45) is 5.28. The quantitative estimate of drug-likeness (QED) is 0.895. The van der Waals surface area contributed by atoms with Crippen molar-refractivity contribution in [2.75, 3.05) is 26.3 Å². The minimum Gasteiger partial charge on any atom is -0.381 e. The van der Waals surface area contributed by atoms with E-state index in [0.29, 0.717) is 12.6 Å². The smallest absolute Gasteiger partial charge is 0.224 e. The monoisotopic (exact) mass is 337 g/mol. The van der Waals surface area contributed by atoms with E-state index >= 15 is 0 Å². The van der Waals surface area contributed by atoms with Gasteiger partial charge in [-0.2, -0.15) is 0 Å². The molecule has 3 rings (SSSR count). The van der Waals surface area contributed by atoms with E-state index in [2.05, 4.69) is 27.5 Å². The van der Waals surface area contributed by atoms with Crippen LogP contribution in [0.15, 0.2) is 5.38 Å². The molecule has 1 aromatic rings. The zero-order chi connectivity index (χ0) is 16.1. The predicted molar refractivity (Wildman–Crippen MR) is 91.5 cm³/mol. The summed E-state index contributed by atoms with van der Waals surface area (Å²) in [7, 11) is 0. The van der Waals surface area contributed by atoms with Gasteiger partial charge in [0.1, 0.15) is 5.01 Å². The van der Waals surface area contributed by atoms with Gasteiger partial charge in [-0.05, 0) is 38.6 Å². The third-order valence-corrected chi connectivity index (χ3v) is 5.80. The van der Waals surface area contributed by atoms with Crippen molar-refractivity contribution in [3.8, 4) is 0 Å². The van der Waals surface area contributed by atoms with Gasteiger partial charge in [0.25, 0.3) is 0 Å². The van der Waals surface area contributed by atoms with Gasteiger partial charge in [0.05, 0.1) is 18.2 Å². The molecule has 0 radical (unpaired) electrons. The van der Waals surface area contributed by atoms with Crippen LogP contribution in [-0.4, -0.2) is 48.1 Å². The summed E-state index contributed by atoms with van der Waals surface area (Å²) in [5, 5.41) is 6.17. The minimum atomic E-state index is 0.122. The van der Waals surface area contributed by atoms with E-state index in [1.807, 2.05) is 0 Å². The fourth-order valence-electron chi connectivity index (χ4n) is 3.50. The Morgan fingerprint density at radius 3 is 3.00 bits per heavy atom. The maximum Gasteiger partial charge on any atom is 0.224 e. The summed E-state index contributed by atoms with van der Waals surface area (Å²) in [5.74, 6) is 0.312. The van der Waals surface area contributed by atoms with E-state index in [0.717, 1.165) is 69.1 Å². The van der Waals surface area contributed by atoms with Gasteiger partial charge in [-0.15, -0.1) is 11.3 Å². The van der Waals surface area contributed by atoms with Crippen LogP contribution >= 0.6 is 11.3 Å². The highest BCUT2D eigenvalue weighted by Crippen LogP contribution is 2.23. The third kappa shape index (κ3) is 4.52. The molecule has 0 aliphatic carbocycles. The Kier molecular flexibility index (Phi) is 6.02. The molecule has 128 valence electrons. The number of aromatic nitrogens is 1. The number of nitrogens with zero attached hydrogens (tertiary/aromatic N) is 2. The molecule has 2 fully saturated rings. The van der Waals surface area contributed by atoms with E-state index in [1.165, 1.54) is 0 Å². The molecule has 0 spiro atoms. The molecule has 3 heterocycles. The van der Waals surface area contributed by atoms with Crippen LogP contribution < -0.4 is 5.32 Å². The van der Waals surface area contributed by atoms with Gasteiger partial charge in [0, 0.05) is 31.2 Å². The Labute approximate surface area is 142 Å². The molecule has 1 atom stereocenters. The predicted octanol–water partition coefficient (Wildman–Crippen LogP) is 2.21. The van der Waals surface area contributed by atoms with Crippen LogP contribution in [0.4, 0.5) is 0 Å². The lowest BCUT2D eigenvalue weighted by atomic mass is 9.94. The van der Waals surface area contributed by atoms with E-state index < -0.39 is 0 Å². The molecule has 23 heavy (non-hydrogen) atoms. The highest BCUT2D eigenvalue weighted by atomic mass is 32.1. The standard InChI is InChI=1S/C17H27N3O2S/c1-2-14-12-23-16(19-14)10-18-17(21)13-4-3-7-20(11-13)15-5-8-22-9-6-15/h12-13,15H,2-11H2,1H3,(H,18,21)/t13-/m0/s1. The average Bonchev–Trinajstić information content (AvgIpc) is 3.09. The first-order valence-electron chi connectivity index (χ1n) is 8.79. The molecule has 0 aromatic carbocycles. The molecule has 1 aromatic heterocycles. The van der Waals surface area contributed by atoms with Crippen LogP contribution in [0.2, 0.25) is 0 Å². The summed E-state index contributed by atoms with van der Waals surface area (Å²) in [6, 6.07) is 0.602. The first kappa shape index (κ1) is 16.9. The number of thiazole rings is 1. The second-order valence-electron chi connectivity index (χ2n) is 6.48. The molecular weight excluding hydrogens is 310 g/mol. The molecule has 1 amide bonds. The summed E-state index contributed by atoms with van der Waals surface area (Å²) in [6.45, 7) is 6.42. The van der Waals surface area contributed by atoms with E-state index in [4.69, 9.17) is 4.74 Å². The van der Waals surface area contributed by atoms with Crippen molar-refractivity contribution in [2.45, 2.75) is 51.6 Å². The van der Waals surface area contributed by atoms with Crippen LogP contribution in [0.25, 0.3) is 0 Å². The lowest BCUT2D eigenvalue weighted by Gasteiger charge is -2.39. The van der Waals surface area contributed by atoms with Crippen molar-refractivity contribution in [1.29, 1.82) is 0 Å². The van der Waals surface area contributed by atoms with Crippen molar-refractivity contribution < 1.29 is 9.53 Å². The van der Waals surface area contributed by atoms with Crippen molar-refractivity contribution in [3.05, 3.63) is 16.1 Å². The molecule has 1 N–H and O–H groups in total. The molecule has 2 saturated heterocycles. The average molecular weight is 337 g/mol. The van der Waals surface area contributed by atoms with Crippen LogP contribution in [0.5, 0.6) is 0 Å². The number of hydrogen-bond donors (Lipinski definition) is 1. The van der Waals surface area contributed by atoms with E-state index in [-0.39, 0.29) is 11.8 Å². The maximum absolute atomic E-state index is 12.5. The van der Waals surface area contributed by atoms with Crippen LogP contribution in [-0.2, 0) is 22.5 Å². The Balaban J connectivity index is 1.48. The Morgan fingerprint density at radius 1 is 1.43 bits per heavy atom. The van der Waals surface area contributed by atoms with Crippen LogP contribution in [0, 0.1) is 5.92 Å². The van der Waals surface area contributed by atoms with Crippen molar-refractivity contribution in [3.63, 3.8) is 0 Å². The molecule has 5 nitrogen and oxygen atoms in total. The topological polar surface area (TPSA) is 54.5 Å². The van der Waals surface area contributed by atoms with E-state index in [1.54, 1.807) is 11.3 Å². The molecule has 0 unspecified atom stereocenters. The summed E-state index contributed by atoms with van der Waals surface area (Å²) in [4.78, 5) is 19.5. The SMILES string of the molecule is CCc1csc(CNC(=O)[C@H]2CCCN(C3CCOCC3)C2)n1. The number of piperidine rings is 1. The van der Waals surface area contributed by atoms with Gasteiger partial charge in [-0.25, -0.2) is 4.98 Å². The van der Waals surface area contributed by atoms with Crippen molar-refractivity contribution in [1.82, 2.24) is 15.2 Å². The highest BCUT2D eigenvalue weighted by Gasteiger charge is 2.30. The Hall–Kier alpha value is -0.980. The van der Waals surface area contributed by atoms with Gasteiger partial charge in [0.2, 0.25) is 5.91 Å². The molecule has 2 aliphatic rings. The molecule has 0 saturated carbocycles. The van der Waals surface area contributed by atoms with E-state index in [9.17, 15) is 4.79 Å². The largest absolute Gasteiger partial charge is 0.381 e. The first-order chi connectivity index (χ1) is 11.3. The molecule has 2 aliphatic heterocycles. The van der Waals surface area contributed by atoms with Gasteiger partial charge >= 0.3 is 0 Å². The maximum atomic E-state index is 12.5. The highest BCUT2D eigenvalue weighted by molar-refractivity contribution is 7.09. The van der Waals surface area contributed by atoms with Crippen molar-refractivity contribution >= 4 is 17.2 Å². The number of ether oxygens (including phenoxy) is 1. The third-order valence-electron chi connectivity index (χ3n) is 4.91. The number of carbonyl (C=O) groups excluding carboxylic acids is 1. The number of hydrogen-bond acceptors (Lipinski definition) is 5. The number of nitrogens with one attached hydrogen (secondary N) is 1. The normalized spacial score (nSPS) is 23.8. The van der Waals surface area contributed by atoms with Gasteiger partial charge in [-0.3, -0.25) is 9.69 Å². The lowest BCUT2D eigenvalue weighted by Crippen LogP contribution is -2.48. The lowest BCUT2D eigenvalue weighted by molar-refractivity contribution is -0.127. The zero-order valence-electron chi connectivity index (χ0n) is 13.9.